The van der Waals surface area contributed by atoms with Crippen molar-refractivity contribution in [3.63, 3.8) is 0 Å². The summed E-state index contributed by atoms with van der Waals surface area (Å²) in [5.41, 5.74) is 9.82. The topological polar surface area (TPSA) is 142 Å². The second kappa shape index (κ2) is 19.1. The molecule has 13 heteroatoms. The Balaban J connectivity index is 0.000000256. The van der Waals surface area contributed by atoms with Crippen molar-refractivity contribution in [2.75, 3.05) is 17.2 Å². The molecule has 0 aliphatic heterocycles. The molecule has 244 valence electrons. The van der Waals surface area contributed by atoms with E-state index in [1.54, 1.807) is 17.5 Å². The van der Waals surface area contributed by atoms with Crippen molar-refractivity contribution >= 4 is 65.9 Å². The van der Waals surface area contributed by atoms with Crippen LogP contribution in [0.1, 0.15) is 53.4 Å². The van der Waals surface area contributed by atoms with Crippen LogP contribution in [0, 0.1) is 10.1 Å². The number of nitrogens with two attached hydrogens (primary N) is 1. The zero-order chi connectivity index (χ0) is 33.5. The van der Waals surface area contributed by atoms with Gasteiger partial charge in [0.25, 0.3) is 0 Å². The second-order valence-electron chi connectivity index (χ2n) is 9.80. The molecule has 4 aromatic heterocycles. The van der Waals surface area contributed by atoms with Gasteiger partial charge in [-0.15, -0.1) is 22.7 Å². The maximum atomic E-state index is 12.8. The van der Waals surface area contributed by atoms with Gasteiger partial charge in [-0.25, -0.2) is 15.0 Å². The largest absolute Gasteiger partial charge is 0.396 e. The van der Waals surface area contributed by atoms with Crippen molar-refractivity contribution < 1.29 is 13.3 Å². The summed E-state index contributed by atoms with van der Waals surface area (Å²) in [5, 5.41) is 14.4. The highest BCUT2D eigenvalue weighted by atomic mass is 32.2. The summed E-state index contributed by atoms with van der Waals surface area (Å²) in [6.45, 7) is 8.07. The molecular weight excluding hydrogens is 659 g/mol. The molecule has 2 unspecified atom stereocenters. The van der Waals surface area contributed by atoms with Crippen molar-refractivity contribution in [1.82, 2.24) is 15.0 Å². The number of hydrogen-bond donors (Lipinski definition) is 1. The molecule has 0 radical (unpaired) electrons. The first-order valence-corrected chi connectivity index (χ1v) is 19.2. The number of aromatic nitrogens is 3. The number of thiazole rings is 1. The Bertz CT molecular complexity index is 1770. The average molecular weight is 698 g/mol. The van der Waals surface area contributed by atoms with E-state index in [0.29, 0.717) is 17.2 Å². The zero-order valence-corrected chi connectivity index (χ0v) is 29.6. The van der Waals surface area contributed by atoms with Crippen LogP contribution < -0.4 is 5.73 Å². The van der Waals surface area contributed by atoms with Crippen molar-refractivity contribution in [2.24, 2.45) is 0 Å². The highest BCUT2D eigenvalue weighted by molar-refractivity contribution is 7.87. The van der Waals surface area contributed by atoms with Gasteiger partial charge in [-0.05, 0) is 49.9 Å². The van der Waals surface area contributed by atoms with Crippen LogP contribution in [0.2, 0.25) is 0 Å². The lowest BCUT2D eigenvalue weighted by molar-refractivity contribution is -0.388. The van der Waals surface area contributed by atoms with Crippen LogP contribution in [0.25, 0.3) is 32.0 Å². The van der Waals surface area contributed by atoms with E-state index in [1.807, 2.05) is 62.6 Å². The fraction of sp³-hybridized carbons (Fsp3) is 0.303. The number of rotatable bonds is 11. The first-order valence-electron chi connectivity index (χ1n) is 14.9. The number of nitro groups is 1. The third-order valence-electron chi connectivity index (χ3n) is 6.47. The Morgan fingerprint density at radius 2 is 1.61 bits per heavy atom. The van der Waals surface area contributed by atoms with Crippen LogP contribution in [-0.2, 0) is 21.6 Å². The summed E-state index contributed by atoms with van der Waals surface area (Å²) in [4.78, 5) is 23.9. The van der Waals surface area contributed by atoms with Crippen molar-refractivity contribution in [2.45, 2.75) is 62.6 Å². The number of benzene rings is 1. The molecule has 4 heterocycles. The Hall–Kier alpha value is -3.65. The van der Waals surface area contributed by atoms with Crippen LogP contribution in [0.15, 0.2) is 87.7 Å². The quantitative estimate of drug-likeness (QED) is 0.0818. The van der Waals surface area contributed by atoms with Crippen molar-refractivity contribution in [3.05, 3.63) is 88.6 Å². The number of anilines is 1. The predicted octanol–water partition coefficient (Wildman–Crippen LogP) is 9.06. The van der Waals surface area contributed by atoms with Gasteiger partial charge in [-0.3, -0.25) is 18.5 Å². The van der Waals surface area contributed by atoms with E-state index < -0.39 is 26.5 Å². The van der Waals surface area contributed by atoms with E-state index in [2.05, 4.69) is 29.0 Å². The molecule has 0 spiro atoms. The third-order valence-corrected chi connectivity index (χ3v) is 11.7. The summed E-state index contributed by atoms with van der Waals surface area (Å²) in [7, 11) is -2.46. The Morgan fingerprint density at radius 1 is 0.935 bits per heavy atom. The number of hydrogen-bond acceptors (Lipinski definition) is 10. The minimum absolute atomic E-state index is 0.0796. The molecule has 5 rings (SSSR count). The molecule has 2 N–H and O–H groups in total. The third kappa shape index (κ3) is 9.92. The van der Waals surface area contributed by atoms with E-state index in [9.17, 15) is 18.5 Å². The molecular formula is C33H39N5O4S4. The van der Waals surface area contributed by atoms with Gasteiger partial charge in [0, 0.05) is 40.7 Å². The average Bonchev–Trinajstić information content (AvgIpc) is 3.75. The van der Waals surface area contributed by atoms with Crippen LogP contribution in [0.5, 0.6) is 0 Å². The summed E-state index contributed by atoms with van der Waals surface area (Å²) < 4.78 is 25.2. The molecule has 1 aromatic carbocycles. The number of nitrogen functional groups attached to an aromatic ring is 1. The summed E-state index contributed by atoms with van der Waals surface area (Å²) in [6.07, 6.45) is 10.8. The van der Waals surface area contributed by atoms with Gasteiger partial charge in [0.2, 0.25) is 5.03 Å². The van der Waals surface area contributed by atoms with Crippen LogP contribution in [0.3, 0.4) is 0 Å². The molecule has 0 aliphatic carbocycles. The standard InChI is InChI=1S/C20H19N3OS3.C9H12N2O3S.C4H8/c1-2-3-11-27(24)20-17(21)16-14(13-7-5-4-6-8-13)12-15(23-19(16)26-20)18-22-9-10-25-18;1-2-3-7-15(14)9-8(11(12)13)5-4-6-10-9;1-3-4-2/h4-10,12H,2-3,11,21H2,1H3;4-6H,2-3,7H2,1H3;3-4H,1-2H3/b;;4-3-. The van der Waals surface area contributed by atoms with E-state index in [-0.39, 0.29) is 10.7 Å². The van der Waals surface area contributed by atoms with E-state index in [1.165, 1.54) is 29.7 Å². The summed E-state index contributed by atoms with van der Waals surface area (Å²) in [5.74, 6) is 1.06. The van der Waals surface area contributed by atoms with Crippen LogP contribution >= 0.6 is 22.7 Å². The molecule has 0 fully saturated rings. The minimum Gasteiger partial charge on any atom is -0.396 e. The molecule has 0 bridgehead atoms. The van der Waals surface area contributed by atoms with Gasteiger partial charge < -0.3 is 5.73 Å². The molecule has 9 nitrogen and oxygen atoms in total. The van der Waals surface area contributed by atoms with E-state index in [4.69, 9.17) is 10.7 Å². The Morgan fingerprint density at radius 3 is 2.20 bits per heavy atom. The number of pyridine rings is 2. The minimum atomic E-state index is -1.37. The Kier molecular flexibility index (Phi) is 15.3. The summed E-state index contributed by atoms with van der Waals surface area (Å²) >= 11 is 3.00. The fourth-order valence-corrected chi connectivity index (χ4v) is 8.70. The van der Waals surface area contributed by atoms with Crippen molar-refractivity contribution in [1.29, 1.82) is 0 Å². The molecule has 2 atom stereocenters. The molecule has 0 amide bonds. The predicted molar refractivity (Wildman–Crippen MR) is 194 cm³/mol. The van der Waals surface area contributed by atoms with Crippen LogP contribution in [0.4, 0.5) is 11.4 Å². The molecule has 5 aromatic rings. The van der Waals surface area contributed by atoms with Gasteiger partial charge in [0.15, 0.2) is 0 Å². The lowest BCUT2D eigenvalue weighted by Crippen LogP contribution is -2.04. The maximum Gasteiger partial charge on any atom is 0.303 e. The van der Waals surface area contributed by atoms with Gasteiger partial charge in [-0.2, -0.15) is 0 Å². The molecule has 0 saturated carbocycles. The van der Waals surface area contributed by atoms with E-state index >= 15 is 0 Å². The van der Waals surface area contributed by atoms with Gasteiger partial charge >= 0.3 is 5.69 Å². The van der Waals surface area contributed by atoms with Gasteiger partial charge in [0.1, 0.15) is 19.7 Å². The molecule has 0 aliphatic rings. The van der Waals surface area contributed by atoms with Gasteiger partial charge in [0.05, 0.1) is 32.2 Å². The van der Waals surface area contributed by atoms with E-state index in [0.717, 1.165) is 61.9 Å². The zero-order valence-electron chi connectivity index (χ0n) is 26.4. The first kappa shape index (κ1) is 36.8. The Labute approximate surface area is 283 Å². The highest BCUT2D eigenvalue weighted by Crippen LogP contribution is 2.42. The number of unbranched alkanes of at least 4 members (excludes halogenated alkanes) is 2. The van der Waals surface area contributed by atoms with Crippen molar-refractivity contribution in [3.8, 4) is 21.8 Å². The maximum absolute atomic E-state index is 12.8. The highest BCUT2D eigenvalue weighted by Gasteiger charge is 2.21. The SMILES string of the molecule is C/C=C\C.CCCCS(=O)c1ncccc1[N+](=O)[O-].CCCCS(=O)c1sc2nc(-c3nccs3)cc(-c3ccccc3)c2c1N. The smallest absolute Gasteiger partial charge is 0.303 e. The normalized spacial score (nSPS) is 12.2. The monoisotopic (exact) mass is 697 g/mol. The number of fused-ring (bicyclic) bond motifs is 1. The second-order valence-corrected chi connectivity index (χ2v) is 14.9. The lowest BCUT2D eigenvalue weighted by atomic mass is 10.0. The summed E-state index contributed by atoms with van der Waals surface area (Å²) in [6, 6.07) is 15.0. The number of nitrogens with zero attached hydrogens (tertiary/aromatic N) is 4. The molecule has 0 saturated heterocycles. The first-order chi connectivity index (χ1) is 22.3. The fourth-order valence-electron chi connectivity index (χ4n) is 4.01. The lowest BCUT2D eigenvalue weighted by Gasteiger charge is -2.07. The molecule has 46 heavy (non-hydrogen) atoms. The number of thiophene rings is 1. The van der Waals surface area contributed by atoms with Crippen LogP contribution in [-0.4, -0.2) is 39.8 Å². The van der Waals surface area contributed by atoms with Gasteiger partial charge in [-0.1, -0.05) is 69.2 Å². The number of allylic oxidation sites excluding steroid dienone is 2.